The first-order valence-corrected chi connectivity index (χ1v) is 6.58. The summed E-state index contributed by atoms with van der Waals surface area (Å²) in [5, 5.41) is 8.71. The van der Waals surface area contributed by atoms with Crippen LogP contribution in [0.5, 0.6) is 5.75 Å². The second kappa shape index (κ2) is 6.26. The van der Waals surface area contributed by atoms with E-state index in [0.29, 0.717) is 11.3 Å². The maximum Gasteiger partial charge on any atom is 0.303 e. The van der Waals surface area contributed by atoms with E-state index < -0.39 is 5.97 Å². The Balaban J connectivity index is 2.46. The number of hydrogen-bond acceptors (Lipinski definition) is 3. The molecule has 0 atom stereocenters. The van der Waals surface area contributed by atoms with Gasteiger partial charge in [-0.3, -0.25) is 9.59 Å². The molecule has 0 spiro atoms. The number of benzene rings is 1. The Bertz CT molecular complexity index is 718. The zero-order valence-corrected chi connectivity index (χ0v) is 12.0. The maximum absolute atomic E-state index is 12.3. The highest BCUT2D eigenvalue weighted by Gasteiger charge is 2.12. The standard InChI is InChI=1S/C16H17NO4/c1-17-13(12-5-3-4-6-14(12)21-2)9-7-11(16(17)20)8-10-15(18)19/h3-7,9H,8,10H2,1-2H3,(H,18,19). The molecule has 1 aromatic heterocycles. The van der Waals surface area contributed by atoms with Gasteiger partial charge in [0, 0.05) is 24.6 Å². The van der Waals surface area contributed by atoms with Crippen LogP contribution in [0.15, 0.2) is 41.2 Å². The van der Waals surface area contributed by atoms with Crippen molar-refractivity contribution < 1.29 is 14.6 Å². The molecule has 1 heterocycles. The van der Waals surface area contributed by atoms with Gasteiger partial charge in [0.15, 0.2) is 0 Å². The van der Waals surface area contributed by atoms with Crippen LogP contribution in [0, 0.1) is 0 Å². The number of carboxylic acid groups (broad SMARTS) is 1. The van der Waals surface area contributed by atoms with Crippen LogP contribution in [0.4, 0.5) is 0 Å². The Labute approximate surface area is 122 Å². The van der Waals surface area contributed by atoms with Crippen molar-refractivity contribution in [3.63, 3.8) is 0 Å². The Kier molecular flexibility index (Phi) is 4.42. The van der Waals surface area contributed by atoms with Crippen molar-refractivity contribution in [2.75, 3.05) is 7.11 Å². The highest BCUT2D eigenvalue weighted by molar-refractivity contribution is 5.68. The molecule has 2 rings (SSSR count). The van der Waals surface area contributed by atoms with Crippen molar-refractivity contribution in [3.05, 3.63) is 52.3 Å². The zero-order valence-electron chi connectivity index (χ0n) is 12.0. The monoisotopic (exact) mass is 287 g/mol. The maximum atomic E-state index is 12.3. The minimum atomic E-state index is -0.911. The van der Waals surface area contributed by atoms with Crippen LogP contribution >= 0.6 is 0 Å². The van der Waals surface area contributed by atoms with Crippen molar-refractivity contribution in [1.29, 1.82) is 0 Å². The fourth-order valence-corrected chi connectivity index (χ4v) is 2.25. The summed E-state index contributed by atoms with van der Waals surface area (Å²) in [5.74, 6) is -0.225. The van der Waals surface area contributed by atoms with E-state index >= 15 is 0 Å². The van der Waals surface area contributed by atoms with Crippen molar-refractivity contribution in [2.45, 2.75) is 12.8 Å². The minimum Gasteiger partial charge on any atom is -0.496 e. The predicted molar refractivity (Wildman–Crippen MR) is 79.6 cm³/mol. The highest BCUT2D eigenvalue weighted by Crippen LogP contribution is 2.28. The lowest BCUT2D eigenvalue weighted by atomic mass is 10.1. The summed E-state index contributed by atoms with van der Waals surface area (Å²) in [6.07, 6.45) is 0.178. The van der Waals surface area contributed by atoms with Crippen molar-refractivity contribution in [3.8, 4) is 17.0 Å². The van der Waals surface area contributed by atoms with E-state index in [-0.39, 0.29) is 18.4 Å². The first kappa shape index (κ1) is 14.8. The smallest absolute Gasteiger partial charge is 0.303 e. The van der Waals surface area contributed by atoms with Crippen molar-refractivity contribution >= 4 is 5.97 Å². The number of nitrogens with zero attached hydrogens (tertiary/aromatic N) is 1. The lowest BCUT2D eigenvalue weighted by Crippen LogP contribution is -2.22. The molecule has 1 N–H and O–H groups in total. The van der Waals surface area contributed by atoms with Gasteiger partial charge in [0.1, 0.15) is 5.75 Å². The number of aliphatic carboxylic acids is 1. The van der Waals surface area contributed by atoms with Gasteiger partial charge in [-0.25, -0.2) is 0 Å². The molecule has 0 fully saturated rings. The van der Waals surface area contributed by atoms with Crippen molar-refractivity contribution in [1.82, 2.24) is 4.57 Å². The van der Waals surface area contributed by atoms with Gasteiger partial charge in [-0.2, -0.15) is 0 Å². The molecule has 1 aromatic carbocycles. The van der Waals surface area contributed by atoms with Gasteiger partial charge in [0.2, 0.25) is 0 Å². The molecule has 0 aliphatic heterocycles. The number of para-hydroxylation sites is 1. The van der Waals surface area contributed by atoms with Crippen LogP contribution in [0.2, 0.25) is 0 Å². The molecule has 21 heavy (non-hydrogen) atoms. The third kappa shape index (κ3) is 3.13. The number of pyridine rings is 1. The van der Waals surface area contributed by atoms with Gasteiger partial charge >= 0.3 is 5.97 Å². The average molecular weight is 287 g/mol. The minimum absolute atomic E-state index is 0.0523. The summed E-state index contributed by atoms with van der Waals surface area (Å²) in [5.41, 5.74) is 1.87. The second-order valence-electron chi connectivity index (χ2n) is 4.70. The van der Waals surface area contributed by atoms with Crippen LogP contribution in [-0.2, 0) is 18.3 Å². The summed E-state index contributed by atoms with van der Waals surface area (Å²) >= 11 is 0. The quantitative estimate of drug-likeness (QED) is 0.914. The highest BCUT2D eigenvalue weighted by atomic mass is 16.5. The molecule has 2 aromatic rings. The van der Waals surface area contributed by atoms with E-state index in [0.717, 1.165) is 11.3 Å². The number of ether oxygens (including phenoxy) is 1. The fourth-order valence-electron chi connectivity index (χ4n) is 2.25. The number of hydrogen-bond donors (Lipinski definition) is 1. The molecular formula is C16H17NO4. The van der Waals surface area contributed by atoms with Gasteiger partial charge in [-0.15, -0.1) is 0 Å². The van der Waals surface area contributed by atoms with Crippen molar-refractivity contribution in [2.24, 2.45) is 7.05 Å². The molecule has 110 valence electrons. The Morgan fingerprint density at radius 3 is 2.62 bits per heavy atom. The summed E-state index contributed by atoms with van der Waals surface area (Å²) in [4.78, 5) is 22.9. The summed E-state index contributed by atoms with van der Waals surface area (Å²) in [7, 11) is 3.26. The third-order valence-corrected chi connectivity index (χ3v) is 3.37. The third-order valence-electron chi connectivity index (χ3n) is 3.37. The average Bonchev–Trinajstić information content (AvgIpc) is 2.48. The zero-order chi connectivity index (χ0) is 15.4. The molecule has 0 unspecified atom stereocenters. The Morgan fingerprint density at radius 1 is 1.24 bits per heavy atom. The van der Waals surface area contributed by atoms with Gasteiger partial charge in [0.05, 0.1) is 12.8 Å². The lowest BCUT2D eigenvalue weighted by Gasteiger charge is -2.13. The molecule has 0 saturated carbocycles. The normalized spacial score (nSPS) is 10.4. The van der Waals surface area contributed by atoms with Gasteiger partial charge in [0.25, 0.3) is 5.56 Å². The summed E-state index contributed by atoms with van der Waals surface area (Å²) < 4.78 is 6.83. The molecule has 0 saturated heterocycles. The molecule has 0 radical (unpaired) electrons. The summed E-state index contributed by atoms with van der Waals surface area (Å²) in [6, 6.07) is 11.0. The molecular weight excluding hydrogens is 270 g/mol. The van der Waals surface area contributed by atoms with E-state index in [1.165, 1.54) is 4.57 Å². The number of carboxylic acids is 1. The number of rotatable bonds is 5. The lowest BCUT2D eigenvalue weighted by molar-refractivity contribution is -0.136. The van der Waals surface area contributed by atoms with Crippen LogP contribution in [-0.4, -0.2) is 22.8 Å². The molecule has 0 amide bonds. The SMILES string of the molecule is COc1ccccc1-c1ccc(CCC(=O)O)c(=O)n1C. The Morgan fingerprint density at radius 2 is 1.95 bits per heavy atom. The number of methoxy groups -OCH3 is 1. The van der Waals surface area contributed by atoms with E-state index in [1.54, 1.807) is 20.2 Å². The van der Waals surface area contributed by atoms with Gasteiger partial charge < -0.3 is 14.4 Å². The first-order chi connectivity index (χ1) is 10.0. The molecule has 0 aliphatic carbocycles. The molecule has 5 heteroatoms. The largest absolute Gasteiger partial charge is 0.496 e. The van der Waals surface area contributed by atoms with Crippen LogP contribution in [0.25, 0.3) is 11.3 Å². The Hall–Kier alpha value is -2.56. The van der Waals surface area contributed by atoms with E-state index in [4.69, 9.17) is 9.84 Å². The fraction of sp³-hybridized carbons (Fsp3) is 0.250. The van der Waals surface area contributed by atoms with E-state index in [1.807, 2.05) is 30.3 Å². The van der Waals surface area contributed by atoms with Crippen LogP contribution in [0.3, 0.4) is 0 Å². The van der Waals surface area contributed by atoms with E-state index in [9.17, 15) is 9.59 Å². The molecule has 0 bridgehead atoms. The number of aromatic nitrogens is 1. The number of aryl methyl sites for hydroxylation is 1. The number of carbonyl (C=O) groups is 1. The van der Waals surface area contributed by atoms with Crippen LogP contribution in [0.1, 0.15) is 12.0 Å². The van der Waals surface area contributed by atoms with Gasteiger partial charge in [-0.05, 0) is 24.6 Å². The van der Waals surface area contributed by atoms with Crippen LogP contribution < -0.4 is 10.3 Å². The summed E-state index contributed by atoms with van der Waals surface area (Å²) in [6.45, 7) is 0. The van der Waals surface area contributed by atoms with E-state index in [2.05, 4.69) is 0 Å². The predicted octanol–water partition coefficient (Wildman–Crippen LogP) is 2.08. The molecule has 5 nitrogen and oxygen atoms in total. The first-order valence-electron chi connectivity index (χ1n) is 6.58. The second-order valence-corrected chi connectivity index (χ2v) is 4.70. The van der Waals surface area contributed by atoms with Gasteiger partial charge in [-0.1, -0.05) is 18.2 Å². The molecule has 0 aliphatic rings. The topological polar surface area (TPSA) is 68.5 Å².